The number of anilines is 1. The molecule has 1 heterocycles. The summed E-state index contributed by atoms with van der Waals surface area (Å²) in [5, 5.41) is 2.61. The number of benzene rings is 2. The quantitative estimate of drug-likeness (QED) is 0.716. The first-order valence-electron chi connectivity index (χ1n) is 7.77. The van der Waals surface area contributed by atoms with Gasteiger partial charge in [0.25, 0.3) is 5.91 Å². The molecular weight excluding hydrogens is 393 g/mol. The van der Waals surface area contributed by atoms with Gasteiger partial charge in [-0.25, -0.2) is 17.8 Å². The maximum absolute atomic E-state index is 14.4. The lowest BCUT2D eigenvalue weighted by Gasteiger charge is -2.11. The van der Waals surface area contributed by atoms with Gasteiger partial charge >= 0.3 is 0 Å². The highest BCUT2D eigenvalue weighted by molar-refractivity contribution is 7.90. The van der Waals surface area contributed by atoms with Crippen molar-refractivity contribution in [2.75, 3.05) is 11.6 Å². The molecule has 0 radical (unpaired) electrons. The lowest BCUT2D eigenvalue weighted by Crippen LogP contribution is -2.14. The Morgan fingerprint density at radius 3 is 2.56 bits per heavy atom. The SMILES string of the molecule is Cc1nccn1-c1ccc(NC(=O)c2cc(S(C)(=O)=O)ccc2Cl)cc1F. The van der Waals surface area contributed by atoms with E-state index in [9.17, 15) is 17.6 Å². The summed E-state index contributed by atoms with van der Waals surface area (Å²) < 4.78 is 39.4. The van der Waals surface area contributed by atoms with Crippen molar-refractivity contribution in [1.82, 2.24) is 9.55 Å². The minimum Gasteiger partial charge on any atom is -0.322 e. The van der Waals surface area contributed by atoms with E-state index in [0.717, 1.165) is 6.26 Å². The highest BCUT2D eigenvalue weighted by Gasteiger charge is 2.16. The number of nitrogens with zero attached hydrogens (tertiary/aromatic N) is 2. The van der Waals surface area contributed by atoms with E-state index in [0.29, 0.717) is 11.5 Å². The molecule has 3 rings (SSSR count). The second kappa shape index (κ2) is 7.13. The van der Waals surface area contributed by atoms with Crippen molar-refractivity contribution in [1.29, 1.82) is 0 Å². The summed E-state index contributed by atoms with van der Waals surface area (Å²) in [5.41, 5.74) is 0.481. The molecule has 0 aliphatic heterocycles. The Hall–Kier alpha value is -2.71. The number of hydrogen-bond donors (Lipinski definition) is 1. The lowest BCUT2D eigenvalue weighted by atomic mass is 10.2. The van der Waals surface area contributed by atoms with E-state index >= 15 is 0 Å². The topological polar surface area (TPSA) is 81.1 Å². The van der Waals surface area contributed by atoms with Crippen LogP contribution in [-0.4, -0.2) is 30.1 Å². The molecule has 0 aliphatic carbocycles. The fourth-order valence-corrected chi connectivity index (χ4v) is 3.37. The molecule has 1 amide bonds. The molecule has 2 aromatic carbocycles. The second-order valence-electron chi connectivity index (χ2n) is 5.88. The van der Waals surface area contributed by atoms with Gasteiger partial charge in [0, 0.05) is 24.3 Å². The van der Waals surface area contributed by atoms with Crippen LogP contribution in [0.4, 0.5) is 10.1 Å². The van der Waals surface area contributed by atoms with E-state index in [-0.39, 0.29) is 21.2 Å². The molecule has 0 saturated heterocycles. The van der Waals surface area contributed by atoms with Gasteiger partial charge in [0.1, 0.15) is 11.6 Å². The number of sulfone groups is 1. The van der Waals surface area contributed by atoms with Gasteiger partial charge in [0.05, 0.1) is 21.2 Å². The van der Waals surface area contributed by atoms with Crippen LogP contribution in [0.5, 0.6) is 0 Å². The predicted molar refractivity (Wildman–Crippen MR) is 101 cm³/mol. The van der Waals surface area contributed by atoms with Crippen molar-refractivity contribution in [3.05, 3.63) is 71.0 Å². The van der Waals surface area contributed by atoms with Crippen molar-refractivity contribution in [3.8, 4) is 5.69 Å². The summed E-state index contributed by atoms with van der Waals surface area (Å²) in [5.74, 6) is -0.573. The molecule has 27 heavy (non-hydrogen) atoms. The van der Waals surface area contributed by atoms with E-state index in [1.54, 1.807) is 23.9 Å². The summed E-state index contributed by atoms with van der Waals surface area (Å²) >= 11 is 6.01. The molecule has 140 valence electrons. The molecule has 9 heteroatoms. The molecule has 1 aromatic heterocycles. The Labute approximate surface area is 160 Å². The number of halogens is 2. The number of amides is 1. The largest absolute Gasteiger partial charge is 0.322 e. The highest BCUT2D eigenvalue weighted by Crippen LogP contribution is 2.23. The third kappa shape index (κ3) is 4.01. The number of carbonyl (C=O) groups excluding carboxylic acids is 1. The Kier molecular flexibility index (Phi) is 5.03. The van der Waals surface area contributed by atoms with Crippen LogP contribution in [0, 0.1) is 12.7 Å². The third-order valence-corrected chi connectivity index (χ3v) is 5.34. The van der Waals surface area contributed by atoms with Crippen molar-refractivity contribution >= 4 is 33.0 Å². The maximum Gasteiger partial charge on any atom is 0.257 e. The summed E-state index contributed by atoms with van der Waals surface area (Å²) in [6.45, 7) is 1.74. The second-order valence-corrected chi connectivity index (χ2v) is 8.30. The lowest BCUT2D eigenvalue weighted by molar-refractivity contribution is 0.102. The van der Waals surface area contributed by atoms with Crippen LogP contribution in [0.25, 0.3) is 5.69 Å². The Morgan fingerprint density at radius 1 is 1.22 bits per heavy atom. The Morgan fingerprint density at radius 2 is 1.96 bits per heavy atom. The number of aryl methyl sites for hydroxylation is 1. The first-order valence-corrected chi connectivity index (χ1v) is 10.0. The molecular formula is C18H15ClFN3O3S. The van der Waals surface area contributed by atoms with Gasteiger partial charge in [-0.2, -0.15) is 0 Å². The minimum absolute atomic E-state index is 0.0190. The van der Waals surface area contributed by atoms with Gasteiger partial charge in [0.2, 0.25) is 0 Å². The van der Waals surface area contributed by atoms with Gasteiger partial charge < -0.3 is 9.88 Å². The zero-order valence-corrected chi connectivity index (χ0v) is 16.0. The third-order valence-electron chi connectivity index (χ3n) is 3.90. The molecule has 0 saturated carbocycles. The number of carbonyl (C=O) groups is 1. The smallest absolute Gasteiger partial charge is 0.257 e. The van der Waals surface area contributed by atoms with Crippen LogP contribution >= 0.6 is 11.6 Å². The average molecular weight is 408 g/mol. The molecule has 6 nitrogen and oxygen atoms in total. The van der Waals surface area contributed by atoms with E-state index in [4.69, 9.17) is 11.6 Å². The van der Waals surface area contributed by atoms with Crippen LogP contribution < -0.4 is 5.32 Å². The van der Waals surface area contributed by atoms with Crippen molar-refractivity contribution < 1.29 is 17.6 Å². The summed E-state index contributed by atoms with van der Waals surface area (Å²) in [6, 6.07) is 8.04. The number of aromatic nitrogens is 2. The Bertz CT molecular complexity index is 1140. The fraction of sp³-hybridized carbons (Fsp3) is 0.111. The van der Waals surface area contributed by atoms with Crippen LogP contribution in [0.2, 0.25) is 5.02 Å². The molecule has 0 spiro atoms. The Balaban J connectivity index is 1.89. The van der Waals surface area contributed by atoms with Crippen molar-refractivity contribution in [3.63, 3.8) is 0 Å². The van der Waals surface area contributed by atoms with Crippen LogP contribution in [0.3, 0.4) is 0 Å². The molecule has 0 bridgehead atoms. The minimum atomic E-state index is -3.50. The fourth-order valence-electron chi connectivity index (χ4n) is 2.52. The van der Waals surface area contributed by atoms with Crippen LogP contribution in [0.1, 0.15) is 16.2 Å². The van der Waals surface area contributed by atoms with Crippen molar-refractivity contribution in [2.24, 2.45) is 0 Å². The van der Waals surface area contributed by atoms with E-state index < -0.39 is 21.6 Å². The number of imidazole rings is 1. The molecule has 0 fully saturated rings. The van der Waals surface area contributed by atoms with Gasteiger partial charge in [-0.15, -0.1) is 0 Å². The van der Waals surface area contributed by atoms with Crippen molar-refractivity contribution in [2.45, 2.75) is 11.8 Å². The maximum atomic E-state index is 14.4. The first kappa shape index (κ1) is 19.1. The normalized spacial score (nSPS) is 11.4. The summed E-state index contributed by atoms with van der Waals surface area (Å²) in [7, 11) is -3.50. The van der Waals surface area contributed by atoms with Gasteiger partial charge in [-0.3, -0.25) is 4.79 Å². The standard InChI is InChI=1S/C18H15ClFN3O3S/c1-11-21-7-8-23(11)17-6-3-12(9-16(17)20)22-18(24)14-10-13(27(2,25)26)4-5-15(14)19/h3-10H,1-2H3,(H,22,24). The monoisotopic (exact) mass is 407 g/mol. The van der Waals surface area contributed by atoms with Crippen LogP contribution in [-0.2, 0) is 9.84 Å². The molecule has 0 unspecified atom stereocenters. The van der Waals surface area contributed by atoms with E-state index in [1.165, 1.54) is 36.4 Å². The highest BCUT2D eigenvalue weighted by atomic mass is 35.5. The average Bonchev–Trinajstić information content (AvgIpc) is 3.00. The number of rotatable bonds is 4. The van der Waals surface area contributed by atoms with Crippen LogP contribution in [0.15, 0.2) is 53.7 Å². The van der Waals surface area contributed by atoms with Gasteiger partial charge in [-0.05, 0) is 43.3 Å². The number of hydrogen-bond acceptors (Lipinski definition) is 4. The number of nitrogens with one attached hydrogen (secondary N) is 1. The molecule has 0 atom stereocenters. The van der Waals surface area contributed by atoms with Gasteiger partial charge in [-0.1, -0.05) is 11.6 Å². The summed E-state index contributed by atoms with van der Waals surface area (Å²) in [4.78, 5) is 16.5. The van der Waals surface area contributed by atoms with Gasteiger partial charge in [0.15, 0.2) is 9.84 Å². The molecule has 1 N–H and O–H groups in total. The van der Waals surface area contributed by atoms with E-state index in [2.05, 4.69) is 10.3 Å². The zero-order chi connectivity index (χ0) is 19.8. The first-order chi connectivity index (χ1) is 12.7. The predicted octanol–water partition coefficient (Wildman–Crippen LogP) is 3.63. The van der Waals surface area contributed by atoms with E-state index in [1.807, 2.05) is 0 Å². The zero-order valence-electron chi connectivity index (χ0n) is 14.4. The molecule has 3 aromatic rings. The summed E-state index contributed by atoms with van der Waals surface area (Å²) in [6.07, 6.45) is 4.22. The molecule has 0 aliphatic rings.